The van der Waals surface area contributed by atoms with Gasteiger partial charge >= 0.3 is 0 Å². The molecule has 0 radical (unpaired) electrons. The maximum Gasteiger partial charge on any atom is 0.181 e. The lowest BCUT2D eigenvalue weighted by Gasteiger charge is -2.03. The van der Waals surface area contributed by atoms with E-state index in [1.807, 2.05) is 18.7 Å². The third kappa shape index (κ3) is 2.57. The molecule has 0 aliphatic carbocycles. The fourth-order valence-electron chi connectivity index (χ4n) is 1.45. The molecule has 2 nitrogen and oxygen atoms in total. The van der Waals surface area contributed by atoms with Crippen molar-refractivity contribution in [2.45, 2.75) is 23.8 Å². The monoisotopic (exact) mass is 250 g/mol. The number of benzene rings is 1. The van der Waals surface area contributed by atoms with Crippen molar-refractivity contribution in [2.75, 3.05) is 5.73 Å². The zero-order valence-electron chi connectivity index (χ0n) is 9.36. The fourth-order valence-corrected chi connectivity index (χ4v) is 3.55. The molecule has 16 heavy (non-hydrogen) atoms. The average molecular weight is 250 g/mol. The van der Waals surface area contributed by atoms with Crippen LogP contribution in [-0.2, 0) is 5.75 Å². The molecule has 0 amide bonds. The van der Waals surface area contributed by atoms with Crippen molar-refractivity contribution in [3.05, 3.63) is 41.1 Å². The van der Waals surface area contributed by atoms with Crippen LogP contribution in [0.3, 0.4) is 0 Å². The largest absolute Gasteiger partial charge is 0.375 e. The Morgan fingerprint density at radius 3 is 2.69 bits per heavy atom. The maximum atomic E-state index is 5.67. The molecular formula is C12H14N2S2. The van der Waals surface area contributed by atoms with Gasteiger partial charge in [-0.2, -0.15) is 0 Å². The Hall–Kier alpha value is -1.00. The van der Waals surface area contributed by atoms with Gasteiger partial charge in [0.05, 0.1) is 9.90 Å². The van der Waals surface area contributed by atoms with Gasteiger partial charge in [0.1, 0.15) is 0 Å². The van der Waals surface area contributed by atoms with Crippen LogP contribution >= 0.6 is 23.1 Å². The highest BCUT2D eigenvalue weighted by atomic mass is 32.2. The van der Waals surface area contributed by atoms with E-state index in [1.54, 1.807) is 11.3 Å². The average Bonchev–Trinajstić information content (AvgIpc) is 2.56. The molecule has 0 spiro atoms. The molecule has 1 heterocycles. The first kappa shape index (κ1) is 11.5. The Balaban J connectivity index is 2.08. The molecule has 0 saturated heterocycles. The van der Waals surface area contributed by atoms with E-state index in [2.05, 4.69) is 36.2 Å². The van der Waals surface area contributed by atoms with Crippen LogP contribution in [0.4, 0.5) is 5.13 Å². The predicted octanol–water partition coefficient (Wildman–Crippen LogP) is 3.63. The molecule has 0 aliphatic heterocycles. The van der Waals surface area contributed by atoms with Gasteiger partial charge in [0.2, 0.25) is 0 Å². The molecule has 0 aliphatic rings. The Kier molecular flexibility index (Phi) is 3.51. The second-order valence-corrected chi connectivity index (χ2v) is 5.91. The van der Waals surface area contributed by atoms with Crippen LogP contribution in [-0.4, -0.2) is 4.98 Å². The lowest BCUT2D eigenvalue weighted by Crippen LogP contribution is -1.85. The highest BCUT2D eigenvalue weighted by molar-refractivity contribution is 8.00. The van der Waals surface area contributed by atoms with Gasteiger partial charge in [-0.05, 0) is 25.0 Å². The highest BCUT2D eigenvalue weighted by Gasteiger charge is 2.06. The predicted molar refractivity (Wildman–Crippen MR) is 72.0 cm³/mol. The summed E-state index contributed by atoms with van der Waals surface area (Å²) in [7, 11) is 0. The number of hydrogen-bond acceptors (Lipinski definition) is 4. The number of aromatic nitrogens is 1. The zero-order valence-corrected chi connectivity index (χ0v) is 11.0. The number of aryl methyl sites for hydroxylation is 2. The minimum atomic E-state index is 0.657. The number of hydrogen-bond donors (Lipinski definition) is 1. The number of thioether (sulfide) groups is 1. The topological polar surface area (TPSA) is 38.9 Å². The normalized spacial score (nSPS) is 10.6. The first-order chi connectivity index (χ1) is 7.66. The van der Waals surface area contributed by atoms with E-state index in [4.69, 9.17) is 5.73 Å². The number of nitrogens with zero attached hydrogens (tertiary/aromatic N) is 1. The third-order valence-electron chi connectivity index (χ3n) is 2.39. The minimum Gasteiger partial charge on any atom is -0.375 e. The van der Waals surface area contributed by atoms with Crippen molar-refractivity contribution in [3.8, 4) is 0 Å². The van der Waals surface area contributed by atoms with Crippen LogP contribution in [0.5, 0.6) is 0 Å². The fraction of sp³-hybridized carbons (Fsp3) is 0.250. The molecule has 0 unspecified atom stereocenters. The summed E-state index contributed by atoms with van der Waals surface area (Å²) in [5.41, 5.74) is 9.43. The van der Waals surface area contributed by atoms with Gasteiger partial charge in [-0.25, -0.2) is 4.98 Å². The number of nitrogens with two attached hydrogens (primary N) is 1. The summed E-state index contributed by atoms with van der Waals surface area (Å²) in [6.45, 7) is 4.15. The maximum absolute atomic E-state index is 5.67. The Morgan fingerprint density at radius 2 is 2.06 bits per heavy atom. The summed E-state index contributed by atoms with van der Waals surface area (Å²) >= 11 is 3.38. The Bertz CT molecular complexity index is 492. The van der Waals surface area contributed by atoms with Gasteiger partial charge in [0, 0.05) is 5.75 Å². The standard InChI is InChI=1S/C12H14N2S2/c1-8-5-3-4-6-10(8)7-15-11-9(2)14-12(13)16-11/h3-6H,7H2,1-2H3,(H2,13,14). The number of rotatable bonds is 3. The van der Waals surface area contributed by atoms with Gasteiger partial charge in [-0.1, -0.05) is 35.6 Å². The lowest BCUT2D eigenvalue weighted by atomic mass is 10.1. The minimum absolute atomic E-state index is 0.657. The molecule has 1 aromatic heterocycles. The summed E-state index contributed by atoms with van der Waals surface area (Å²) in [6.07, 6.45) is 0. The zero-order chi connectivity index (χ0) is 11.5. The van der Waals surface area contributed by atoms with Crippen molar-refractivity contribution in [2.24, 2.45) is 0 Å². The van der Waals surface area contributed by atoms with Crippen molar-refractivity contribution in [3.63, 3.8) is 0 Å². The molecule has 4 heteroatoms. The number of thiazole rings is 1. The van der Waals surface area contributed by atoms with Crippen molar-refractivity contribution >= 4 is 28.2 Å². The summed E-state index contributed by atoms with van der Waals surface area (Å²) in [4.78, 5) is 4.22. The molecular weight excluding hydrogens is 236 g/mol. The van der Waals surface area contributed by atoms with Gasteiger partial charge in [-0.3, -0.25) is 0 Å². The van der Waals surface area contributed by atoms with Crippen molar-refractivity contribution < 1.29 is 0 Å². The van der Waals surface area contributed by atoms with Crippen LogP contribution < -0.4 is 5.73 Å². The molecule has 0 bridgehead atoms. The van der Waals surface area contributed by atoms with Gasteiger partial charge in [-0.15, -0.1) is 11.8 Å². The molecule has 2 aromatic rings. The second-order valence-electron chi connectivity index (χ2n) is 3.64. The molecule has 2 rings (SSSR count). The van der Waals surface area contributed by atoms with Crippen molar-refractivity contribution in [1.29, 1.82) is 0 Å². The first-order valence-electron chi connectivity index (χ1n) is 5.07. The van der Waals surface area contributed by atoms with E-state index in [1.165, 1.54) is 15.3 Å². The summed E-state index contributed by atoms with van der Waals surface area (Å²) in [5.74, 6) is 0.981. The molecule has 0 atom stereocenters. The number of nitrogen functional groups attached to an aromatic ring is 1. The van der Waals surface area contributed by atoms with E-state index < -0.39 is 0 Å². The molecule has 1 aromatic carbocycles. The van der Waals surface area contributed by atoms with Crippen LogP contribution in [0.2, 0.25) is 0 Å². The number of anilines is 1. The summed E-state index contributed by atoms with van der Waals surface area (Å²) in [5, 5.41) is 0.657. The first-order valence-corrected chi connectivity index (χ1v) is 6.87. The smallest absolute Gasteiger partial charge is 0.181 e. The Morgan fingerprint density at radius 1 is 1.31 bits per heavy atom. The second kappa shape index (κ2) is 4.89. The van der Waals surface area contributed by atoms with E-state index in [-0.39, 0.29) is 0 Å². The van der Waals surface area contributed by atoms with Crippen molar-refractivity contribution in [1.82, 2.24) is 4.98 Å². The molecule has 84 valence electrons. The van der Waals surface area contributed by atoms with Gasteiger partial charge in [0.25, 0.3) is 0 Å². The quantitative estimate of drug-likeness (QED) is 0.845. The molecule has 2 N–H and O–H groups in total. The molecule has 0 saturated carbocycles. The third-order valence-corrected chi connectivity index (χ3v) is 4.79. The van der Waals surface area contributed by atoms with Gasteiger partial charge < -0.3 is 5.73 Å². The van der Waals surface area contributed by atoms with E-state index >= 15 is 0 Å². The van der Waals surface area contributed by atoms with E-state index in [9.17, 15) is 0 Å². The van der Waals surface area contributed by atoms with Crippen LogP contribution in [0.25, 0.3) is 0 Å². The summed E-state index contributed by atoms with van der Waals surface area (Å²) in [6, 6.07) is 8.46. The lowest BCUT2D eigenvalue weighted by molar-refractivity contribution is 1.21. The van der Waals surface area contributed by atoms with Gasteiger partial charge in [0.15, 0.2) is 5.13 Å². The van der Waals surface area contributed by atoms with E-state index in [0.717, 1.165) is 11.4 Å². The highest BCUT2D eigenvalue weighted by Crippen LogP contribution is 2.33. The van der Waals surface area contributed by atoms with Crippen LogP contribution in [0.1, 0.15) is 16.8 Å². The van der Waals surface area contributed by atoms with Crippen LogP contribution in [0.15, 0.2) is 28.5 Å². The Labute approximate surface area is 104 Å². The summed E-state index contributed by atoms with van der Waals surface area (Å²) < 4.78 is 1.22. The van der Waals surface area contributed by atoms with Crippen LogP contribution in [0, 0.1) is 13.8 Å². The SMILES string of the molecule is Cc1ccccc1CSc1sc(N)nc1C. The molecule has 0 fully saturated rings. The van der Waals surface area contributed by atoms with E-state index in [0.29, 0.717) is 5.13 Å².